The predicted molar refractivity (Wildman–Crippen MR) is 75.8 cm³/mol. The van der Waals surface area contributed by atoms with Crippen molar-refractivity contribution in [3.05, 3.63) is 47.9 Å². The number of benzene rings is 1. The largest absolute Gasteiger partial charge is 0.475 e. The van der Waals surface area contributed by atoms with Crippen LogP contribution in [0.1, 0.15) is 23.2 Å². The highest BCUT2D eigenvalue weighted by Gasteiger charge is 2.09. The number of carboxylic acid groups (broad SMARTS) is 1. The molecule has 0 unspecified atom stereocenters. The quantitative estimate of drug-likeness (QED) is 0.788. The zero-order chi connectivity index (χ0) is 13.7. The van der Waals surface area contributed by atoms with E-state index >= 15 is 0 Å². The number of anilines is 1. The number of hydrogen-bond acceptors (Lipinski definition) is 4. The maximum absolute atomic E-state index is 10.7. The molecule has 2 rings (SSSR count). The number of para-hydroxylation sites is 1. The van der Waals surface area contributed by atoms with Crippen molar-refractivity contribution in [1.29, 1.82) is 0 Å². The molecule has 1 aromatic heterocycles. The van der Waals surface area contributed by atoms with Crippen LogP contribution in [0.2, 0.25) is 0 Å². The fraction of sp³-hybridized carbons (Fsp3) is 0.214. The van der Waals surface area contributed by atoms with E-state index in [-0.39, 0.29) is 5.76 Å². The summed E-state index contributed by atoms with van der Waals surface area (Å²) in [6.07, 6.45) is 0. The van der Waals surface area contributed by atoms with Crippen molar-refractivity contribution < 1.29 is 14.3 Å². The van der Waals surface area contributed by atoms with Crippen molar-refractivity contribution in [1.82, 2.24) is 0 Å². The van der Waals surface area contributed by atoms with Crippen molar-refractivity contribution in [2.24, 2.45) is 0 Å². The van der Waals surface area contributed by atoms with Crippen LogP contribution in [0.3, 0.4) is 0 Å². The van der Waals surface area contributed by atoms with Gasteiger partial charge in [0.2, 0.25) is 5.76 Å². The van der Waals surface area contributed by atoms with Crippen molar-refractivity contribution in [2.75, 3.05) is 11.1 Å². The Kier molecular flexibility index (Phi) is 4.52. The van der Waals surface area contributed by atoms with Gasteiger partial charge in [0.05, 0.1) is 6.54 Å². The molecule has 5 heteroatoms. The predicted octanol–water partition coefficient (Wildman–Crippen LogP) is 3.70. The number of thioether (sulfide) groups is 1. The van der Waals surface area contributed by atoms with Gasteiger partial charge >= 0.3 is 5.97 Å². The van der Waals surface area contributed by atoms with Crippen molar-refractivity contribution in [3.63, 3.8) is 0 Å². The maximum Gasteiger partial charge on any atom is 0.371 e. The zero-order valence-electron chi connectivity index (χ0n) is 10.6. The lowest BCUT2D eigenvalue weighted by molar-refractivity contribution is 0.0660. The van der Waals surface area contributed by atoms with E-state index in [1.807, 2.05) is 18.2 Å². The minimum absolute atomic E-state index is 0.0342. The van der Waals surface area contributed by atoms with Gasteiger partial charge in [-0.2, -0.15) is 0 Å². The number of aromatic carboxylic acids is 1. The second-order valence-corrected chi connectivity index (χ2v) is 5.16. The molecule has 0 atom stereocenters. The molecule has 0 saturated carbocycles. The Morgan fingerprint density at radius 3 is 2.79 bits per heavy atom. The molecule has 0 fully saturated rings. The van der Waals surface area contributed by atoms with Gasteiger partial charge in [0, 0.05) is 10.6 Å². The van der Waals surface area contributed by atoms with Crippen molar-refractivity contribution >= 4 is 23.4 Å². The number of hydrogen-bond donors (Lipinski definition) is 2. The Morgan fingerprint density at radius 1 is 1.32 bits per heavy atom. The summed E-state index contributed by atoms with van der Waals surface area (Å²) in [4.78, 5) is 11.9. The first-order chi connectivity index (χ1) is 9.20. The molecule has 19 heavy (non-hydrogen) atoms. The smallest absolute Gasteiger partial charge is 0.371 e. The first-order valence-electron chi connectivity index (χ1n) is 5.98. The third kappa shape index (κ3) is 3.54. The summed E-state index contributed by atoms with van der Waals surface area (Å²) < 4.78 is 5.20. The first kappa shape index (κ1) is 13.5. The summed E-state index contributed by atoms with van der Waals surface area (Å²) in [6, 6.07) is 11.2. The summed E-state index contributed by atoms with van der Waals surface area (Å²) >= 11 is 1.76. The third-order valence-corrected chi connectivity index (χ3v) is 3.47. The van der Waals surface area contributed by atoms with E-state index in [1.165, 1.54) is 11.0 Å². The van der Waals surface area contributed by atoms with Crippen LogP contribution in [0.5, 0.6) is 0 Å². The molecule has 0 saturated heterocycles. The van der Waals surface area contributed by atoms with Crippen LogP contribution in [0.25, 0.3) is 0 Å². The molecule has 0 bridgehead atoms. The Morgan fingerprint density at radius 2 is 2.11 bits per heavy atom. The Balaban J connectivity index is 2.03. The molecule has 100 valence electrons. The molecule has 0 radical (unpaired) electrons. The topological polar surface area (TPSA) is 62.5 Å². The number of carbonyl (C=O) groups is 1. The number of furan rings is 1. The number of carboxylic acids is 1. The van der Waals surface area contributed by atoms with Gasteiger partial charge in [-0.05, 0) is 30.0 Å². The van der Waals surface area contributed by atoms with Gasteiger partial charge in [-0.3, -0.25) is 0 Å². The molecule has 2 N–H and O–H groups in total. The highest BCUT2D eigenvalue weighted by Crippen LogP contribution is 2.27. The number of rotatable bonds is 6. The first-order valence-corrected chi connectivity index (χ1v) is 6.97. The van der Waals surface area contributed by atoms with Gasteiger partial charge in [0.25, 0.3) is 0 Å². The average molecular weight is 277 g/mol. The molecule has 1 heterocycles. The second-order valence-electron chi connectivity index (χ2n) is 3.85. The van der Waals surface area contributed by atoms with Gasteiger partial charge in [0.1, 0.15) is 5.76 Å². The molecular formula is C14H15NO3S. The molecule has 0 aliphatic heterocycles. The van der Waals surface area contributed by atoms with Crippen molar-refractivity contribution in [2.45, 2.75) is 18.4 Å². The molecule has 0 spiro atoms. The highest BCUT2D eigenvalue weighted by atomic mass is 32.2. The van der Waals surface area contributed by atoms with Crippen LogP contribution in [-0.4, -0.2) is 16.8 Å². The average Bonchev–Trinajstić information content (AvgIpc) is 2.87. The van der Waals surface area contributed by atoms with Gasteiger partial charge in [-0.15, -0.1) is 11.8 Å². The van der Waals surface area contributed by atoms with Crippen LogP contribution in [0, 0.1) is 0 Å². The van der Waals surface area contributed by atoms with Gasteiger partial charge < -0.3 is 14.8 Å². The van der Waals surface area contributed by atoms with E-state index in [0.29, 0.717) is 12.3 Å². The summed E-state index contributed by atoms with van der Waals surface area (Å²) in [5.74, 6) is 0.526. The SMILES string of the molecule is CCSc1ccccc1NCc1ccc(C(=O)O)o1. The standard InChI is InChI=1S/C14H15NO3S/c1-2-19-13-6-4-3-5-11(13)15-9-10-7-8-12(18-10)14(16)17/h3-8,15H,2,9H2,1H3,(H,16,17). The van der Waals surface area contributed by atoms with Crippen molar-refractivity contribution in [3.8, 4) is 0 Å². The monoisotopic (exact) mass is 277 g/mol. The van der Waals surface area contributed by atoms with Gasteiger partial charge in [0.15, 0.2) is 0 Å². The maximum atomic E-state index is 10.7. The number of nitrogens with one attached hydrogen (secondary N) is 1. The van der Waals surface area contributed by atoms with E-state index in [2.05, 4.69) is 18.3 Å². The Bertz CT molecular complexity index is 565. The third-order valence-electron chi connectivity index (χ3n) is 2.51. The molecule has 2 aromatic rings. The summed E-state index contributed by atoms with van der Waals surface area (Å²) in [5, 5.41) is 12.0. The van der Waals surface area contributed by atoms with Crippen LogP contribution in [0.4, 0.5) is 5.69 Å². The van der Waals surface area contributed by atoms with Gasteiger partial charge in [-0.1, -0.05) is 19.1 Å². The molecule has 1 aromatic carbocycles. The molecule has 4 nitrogen and oxygen atoms in total. The van der Waals surface area contributed by atoms with Crippen LogP contribution in [-0.2, 0) is 6.54 Å². The Hall–Kier alpha value is -1.88. The molecule has 0 aliphatic rings. The zero-order valence-corrected chi connectivity index (χ0v) is 11.4. The van der Waals surface area contributed by atoms with Crippen LogP contribution >= 0.6 is 11.8 Å². The fourth-order valence-corrected chi connectivity index (χ4v) is 2.45. The lowest BCUT2D eigenvalue weighted by atomic mass is 10.3. The summed E-state index contributed by atoms with van der Waals surface area (Å²) in [6.45, 7) is 2.57. The van der Waals surface area contributed by atoms with Crippen LogP contribution < -0.4 is 5.32 Å². The van der Waals surface area contributed by atoms with Gasteiger partial charge in [-0.25, -0.2) is 4.79 Å². The summed E-state index contributed by atoms with van der Waals surface area (Å²) in [5.41, 5.74) is 1.03. The lowest BCUT2D eigenvalue weighted by Gasteiger charge is -2.09. The molecule has 0 amide bonds. The fourth-order valence-electron chi connectivity index (χ4n) is 1.66. The molecular weight excluding hydrogens is 262 g/mol. The molecule has 0 aliphatic carbocycles. The highest BCUT2D eigenvalue weighted by molar-refractivity contribution is 7.99. The minimum Gasteiger partial charge on any atom is -0.475 e. The van der Waals surface area contributed by atoms with E-state index in [1.54, 1.807) is 17.8 Å². The normalized spacial score (nSPS) is 10.4. The van der Waals surface area contributed by atoms with E-state index in [9.17, 15) is 4.79 Å². The lowest BCUT2D eigenvalue weighted by Crippen LogP contribution is -1.99. The van der Waals surface area contributed by atoms with E-state index in [4.69, 9.17) is 9.52 Å². The minimum atomic E-state index is -1.05. The summed E-state index contributed by atoms with van der Waals surface area (Å²) in [7, 11) is 0. The van der Waals surface area contributed by atoms with E-state index < -0.39 is 5.97 Å². The van der Waals surface area contributed by atoms with Crippen LogP contribution in [0.15, 0.2) is 45.7 Å². The second kappa shape index (κ2) is 6.33. The van der Waals surface area contributed by atoms with E-state index in [0.717, 1.165) is 11.4 Å². The Labute approximate surface area is 115 Å².